The first-order valence-electron chi connectivity index (χ1n) is 1.48. The van der Waals surface area contributed by atoms with Crippen molar-refractivity contribution >= 4 is 10.4 Å². The van der Waals surface area contributed by atoms with Crippen LogP contribution in [0.1, 0.15) is 0 Å². The monoisotopic (exact) mass is 190 g/mol. The van der Waals surface area contributed by atoms with E-state index in [0.29, 0.717) is 0 Å². The third kappa shape index (κ3) is 4.65. The van der Waals surface area contributed by atoms with E-state index in [1.165, 1.54) is 0 Å². The molecule has 0 unspecified atom stereocenters. The van der Waals surface area contributed by atoms with Crippen LogP contribution in [0.2, 0.25) is 0 Å². The molecule has 0 bridgehead atoms. The van der Waals surface area contributed by atoms with Crippen molar-refractivity contribution in [1.29, 1.82) is 0 Å². The fraction of sp³-hybridized carbons (Fsp3) is 1.00. The Labute approximate surface area is 61.3 Å². The zero-order valence-electron chi connectivity index (χ0n) is 4.75. The maximum atomic E-state index is 9.92. The summed E-state index contributed by atoms with van der Waals surface area (Å²) < 4.78 is 27.5. The second-order valence-electron chi connectivity index (χ2n) is 0.742. The molecule has 0 atom stereocenters. The van der Waals surface area contributed by atoms with E-state index in [2.05, 4.69) is 8.37 Å². The van der Waals surface area contributed by atoms with Gasteiger partial charge in [0.15, 0.2) is 0 Å². The molecule has 4 nitrogen and oxygen atoms in total. The molecule has 0 heterocycles. The molecule has 0 rings (SSSR count). The largest absolute Gasteiger partial charge is 0.399 e. The zero-order valence-corrected chi connectivity index (χ0v) is 8.53. The molecule has 0 fully saturated rings. The van der Waals surface area contributed by atoms with Gasteiger partial charge in [-0.05, 0) is 0 Å². The van der Waals surface area contributed by atoms with Crippen molar-refractivity contribution in [1.82, 2.24) is 0 Å². The average molecular weight is 192 g/mol. The first-order chi connectivity index (χ1) is 3.12. The van der Waals surface area contributed by atoms with Crippen LogP contribution in [0.25, 0.3) is 0 Å². The smallest absolute Gasteiger partial charge is 0.252 e. The molecule has 0 radical (unpaired) electrons. The number of hydrogen-bond donors (Lipinski definition) is 0. The van der Waals surface area contributed by atoms with Crippen LogP contribution in [0.5, 0.6) is 0 Å². The first kappa shape index (κ1) is 11.3. The zero-order chi connectivity index (χ0) is 5.91. The Morgan fingerprint density at radius 1 is 1.12 bits per heavy atom. The van der Waals surface area contributed by atoms with Gasteiger partial charge < -0.3 is 0 Å². The third-order valence-corrected chi connectivity index (χ3v) is 1.22. The van der Waals surface area contributed by atoms with Crippen molar-refractivity contribution in [3.8, 4) is 0 Å². The van der Waals surface area contributed by atoms with Crippen LogP contribution in [-0.2, 0) is 38.2 Å². The number of rotatable bonds is 2. The van der Waals surface area contributed by atoms with Gasteiger partial charge in [0.05, 0.1) is 14.2 Å². The van der Waals surface area contributed by atoms with Gasteiger partial charge in [-0.25, -0.2) is 0 Å². The Morgan fingerprint density at radius 2 is 1.38 bits per heavy atom. The van der Waals surface area contributed by atoms with Crippen LogP contribution < -0.4 is 0 Å². The molecule has 0 aliphatic heterocycles. The van der Waals surface area contributed by atoms with E-state index < -0.39 is 10.4 Å². The van der Waals surface area contributed by atoms with E-state index >= 15 is 0 Å². The Balaban J connectivity index is 0. The van der Waals surface area contributed by atoms with Crippen molar-refractivity contribution in [2.75, 3.05) is 14.2 Å². The minimum atomic E-state index is -3.66. The van der Waals surface area contributed by atoms with Crippen LogP contribution in [0.4, 0.5) is 0 Å². The van der Waals surface area contributed by atoms with Crippen LogP contribution in [0.3, 0.4) is 0 Å². The van der Waals surface area contributed by atoms with Gasteiger partial charge in [0.1, 0.15) is 0 Å². The average Bonchev–Trinajstić information content (AvgIpc) is 1.68. The van der Waals surface area contributed by atoms with Gasteiger partial charge in [-0.15, -0.1) is 0 Å². The maximum Gasteiger partial charge on any atom is 0.399 e. The summed E-state index contributed by atoms with van der Waals surface area (Å²) in [4.78, 5) is 0. The molecule has 46 valence electrons. The Kier molecular flexibility index (Phi) is 6.19. The predicted octanol–water partition coefficient (Wildman–Crippen LogP) is -0.478. The van der Waals surface area contributed by atoms with E-state index in [9.17, 15) is 8.42 Å². The van der Waals surface area contributed by atoms with Gasteiger partial charge in [-0.3, -0.25) is 8.37 Å². The molecule has 0 aliphatic rings. The summed E-state index contributed by atoms with van der Waals surface area (Å²) in [5.74, 6) is 0. The SMILES string of the molecule is COS(=O)(=O)OC.[Zn]. The van der Waals surface area contributed by atoms with Gasteiger partial charge >= 0.3 is 10.4 Å². The van der Waals surface area contributed by atoms with Gasteiger partial charge in [0, 0.05) is 19.5 Å². The van der Waals surface area contributed by atoms with Crippen LogP contribution in [0, 0.1) is 0 Å². The fourth-order valence-electron chi connectivity index (χ4n) is 0.0680. The van der Waals surface area contributed by atoms with E-state index in [1.807, 2.05) is 0 Å². The first-order valence-corrected chi connectivity index (χ1v) is 2.82. The molecule has 0 spiro atoms. The summed E-state index contributed by atoms with van der Waals surface area (Å²) in [6.45, 7) is 0. The second-order valence-corrected chi connectivity index (χ2v) is 2.22. The molecule has 6 heteroatoms. The summed E-state index contributed by atoms with van der Waals surface area (Å²) in [6, 6.07) is 0. The Bertz CT molecular complexity index is 117. The van der Waals surface area contributed by atoms with Gasteiger partial charge in [0.2, 0.25) is 0 Å². The third-order valence-electron chi connectivity index (χ3n) is 0.408. The molecule has 0 saturated heterocycles. The van der Waals surface area contributed by atoms with Crippen LogP contribution in [0.15, 0.2) is 0 Å². The molecule has 0 aliphatic carbocycles. The molecule has 0 N–H and O–H groups in total. The molecule has 0 saturated carbocycles. The van der Waals surface area contributed by atoms with Gasteiger partial charge in [-0.1, -0.05) is 0 Å². The van der Waals surface area contributed by atoms with Crippen molar-refractivity contribution < 1.29 is 36.3 Å². The molecule has 0 aromatic heterocycles. The summed E-state index contributed by atoms with van der Waals surface area (Å²) >= 11 is 0. The quantitative estimate of drug-likeness (QED) is 0.554. The van der Waals surface area contributed by atoms with Gasteiger partial charge in [0.25, 0.3) is 0 Å². The van der Waals surface area contributed by atoms with Crippen LogP contribution in [-0.4, -0.2) is 22.6 Å². The van der Waals surface area contributed by atoms with Crippen molar-refractivity contribution in [3.63, 3.8) is 0 Å². The Morgan fingerprint density at radius 3 is 1.38 bits per heavy atom. The van der Waals surface area contributed by atoms with Crippen molar-refractivity contribution in [3.05, 3.63) is 0 Å². The summed E-state index contributed by atoms with van der Waals surface area (Å²) in [5.41, 5.74) is 0. The Hall–Kier alpha value is 0.493. The van der Waals surface area contributed by atoms with Gasteiger partial charge in [-0.2, -0.15) is 8.42 Å². The minimum Gasteiger partial charge on any atom is -0.252 e. The normalized spacial score (nSPS) is 10.2. The van der Waals surface area contributed by atoms with E-state index in [4.69, 9.17) is 0 Å². The van der Waals surface area contributed by atoms with E-state index in [-0.39, 0.29) is 19.5 Å². The molecule has 0 amide bonds. The second kappa shape index (κ2) is 4.38. The summed E-state index contributed by atoms with van der Waals surface area (Å²) in [7, 11) is -1.60. The van der Waals surface area contributed by atoms with Crippen molar-refractivity contribution in [2.45, 2.75) is 0 Å². The molecule has 0 aromatic carbocycles. The molecular formula is C2H6O4SZn. The standard InChI is InChI=1S/C2H6O4S.Zn/c1-5-7(3,4)6-2;/h1-2H3;. The molecule has 8 heavy (non-hydrogen) atoms. The summed E-state index contributed by atoms with van der Waals surface area (Å²) in [5, 5.41) is 0. The molecule has 0 aromatic rings. The van der Waals surface area contributed by atoms with Crippen molar-refractivity contribution in [2.24, 2.45) is 0 Å². The number of hydrogen-bond acceptors (Lipinski definition) is 4. The minimum absolute atomic E-state index is 0. The summed E-state index contributed by atoms with van der Waals surface area (Å²) in [6.07, 6.45) is 0. The maximum absolute atomic E-state index is 9.92. The van der Waals surface area contributed by atoms with E-state index in [0.717, 1.165) is 14.2 Å². The fourth-order valence-corrected chi connectivity index (χ4v) is 0.204. The van der Waals surface area contributed by atoms with E-state index in [1.54, 1.807) is 0 Å². The topological polar surface area (TPSA) is 52.6 Å². The van der Waals surface area contributed by atoms with Crippen LogP contribution >= 0.6 is 0 Å². The predicted molar refractivity (Wildman–Crippen MR) is 22.9 cm³/mol. The molecular weight excluding hydrogens is 185 g/mol.